The zero-order chi connectivity index (χ0) is 5.11. The van der Waals surface area contributed by atoms with Crippen molar-refractivity contribution in [1.82, 2.24) is 0 Å². The largest absolute Gasteiger partial charge is 0.152 e. The molecule has 0 nitrogen and oxygen atoms in total. The average molecular weight is 130 g/mol. The van der Waals surface area contributed by atoms with Crippen LogP contribution in [0.3, 0.4) is 0 Å². The zero-order valence-electron chi connectivity index (χ0n) is 3.92. The second-order valence-electron chi connectivity index (χ2n) is 1.34. The lowest BCUT2D eigenvalue weighted by Crippen LogP contribution is -1.61. The predicted molar refractivity (Wildman–Crippen MR) is 37.7 cm³/mol. The lowest BCUT2D eigenvalue weighted by molar-refractivity contribution is 1.48. The maximum Gasteiger partial charge on any atom is -0.00579 e. The SMILES string of the molecule is PCc1ccsc1. The van der Waals surface area contributed by atoms with Crippen molar-refractivity contribution in [3.05, 3.63) is 22.4 Å². The highest BCUT2D eigenvalue weighted by Crippen LogP contribution is 2.08. The molecule has 1 aromatic heterocycles. The number of hydrogen-bond acceptors (Lipinski definition) is 1. The molecular weight excluding hydrogens is 123 g/mol. The summed E-state index contributed by atoms with van der Waals surface area (Å²) in [5.41, 5.74) is 1.41. The Labute approximate surface area is 49.8 Å². The van der Waals surface area contributed by atoms with E-state index in [1.54, 1.807) is 11.3 Å². The van der Waals surface area contributed by atoms with Crippen LogP contribution in [0.5, 0.6) is 0 Å². The topological polar surface area (TPSA) is 0 Å². The highest BCUT2D eigenvalue weighted by molar-refractivity contribution is 7.15. The Morgan fingerprint density at radius 1 is 1.71 bits per heavy atom. The molecule has 7 heavy (non-hydrogen) atoms. The Morgan fingerprint density at radius 3 is 2.86 bits per heavy atom. The number of rotatable bonds is 1. The molecule has 0 aliphatic rings. The summed E-state index contributed by atoms with van der Waals surface area (Å²) in [5, 5.41) is 4.26. The maximum atomic E-state index is 2.69. The molecule has 1 aromatic rings. The number of hydrogen-bond donors (Lipinski definition) is 0. The van der Waals surface area contributed by atoms with Crippen LogP contribution in [0.4, 0.5) is 0 Å². The van der Waals surface area contributed by atoms with Gasteiger partial charge in [0.05, 0.1) is 0 Å². The minimum atomic E-state index is 1.09. The van der Waals surface area contributed by atoms with Gasteiger partial charge in [-0.25, -0.2) is 0 Å². The van der Waals surface area contributed by atoms with Gasteiger partial charge in [0.15, 0.2) is 0 Å². The first-order chi connectivity index (χ1) is 3.43. The van der Waals surface area contributed by atoms with Gasteiger partial charge in [0.25, 0.3) is 0 Å². The molecule has 0 aliphatic carbocycles. The van der Waals surface area contributed by atoms with E-state index in [2.05, 4.69) is 26.1 Å². The van der Waals surface area contributed by atoms with Crippen molar-refractivity contribution in [3.8, 4) is 0 Å². The number of thiophene rings is 1. The summed E-state index contributed by atoms with van der Waals surface area (Å²) >= 11 is 1.75. The van der Waals surface area contributed by atoms with Gasteiger partial charge in [-0.1, -0.05) is 0 Å². The van der Waals surface area contributed by atoms with Crippen LogP contribution >= 0.6 is 20.6 Å². The Balaban J connectivity index is 2.76. The van der Waals surface area contributed by atoms with E-state index in [4.69, 9.17) is 0 Å². The van der Waals surface area contributed by atoms with E-state index in [0.29, 0.717) is 0 Å². The van der Waals surface area contributed by atoms with Crippen molar-refractivity contribution in [3.63, 3.8) is 0 Å². The molecule has 0 N–H and O–H groups in total. The highest BCUT2D eigenvalue weighted by atomic mass is 32.1. The molecule has 1 atom stereocenters. The monoisotopic (exact) mass is 130 g/mol. The fourth-order valence-electron chi connectivity index (χ4n) is 0.409. The van der Waals surface area contributed by atoms with Gasteiger partial charge in [-0.2, -0.15) is 11.3 Å². The van der Waals surface area contributed by atoms with Gasteiger partial charge in [0, 0.05) is 0 Å². The summed E-state index contributed by atoms with van der Waals surface area (Å²) in [6.45, 7) is 0. The van der Waals surface area contributed by atoms with Crippen LogP contribution < -0.4 is 0 Å². The zero-order valence-corrected chi connectivity index (χ0v) is 5.90. The molecule has 0 bridgehead atoms. The second-order valence-corrected chi connectivity index (χ2v) is 2.52. The third kappa shape index (κ3) is 1.25. The molecule has 2 heteroatoms. The normalized spacial score (nSPS) is 9.29. The Kier molecular flexibility index (Phi) is 1.84. The molecule has 1 heterocycles. The van der Waals surface area contributed by atoms with Crippen LogP contribution in [0.25, 0.3) is 0 Å². The van der Waals surface area contributed by atoms with E-state index in [-0.39, 0.29) is 0 Å². The third-order valence-electron chi connectivity index (χ3n) is 0.816. The van der Waals surface area contributed by atoms with Gasteiger partial charge >= 0.3 is 0 Å². The van der Waals surface area contributed by atoms with Gasteiger partial charge in [-0.15, -0.1) is 9.24 Å². The van der Waals surface area contributed by atoms with Crippen LogP contribution in [0, 0.1) is 0 Å². The van der Waals surface area contributed by atoms with Crippen LogP contribution in [0.15, 0.2) is 16.8 Å². The van der Waals surface area contributed by atoms with Gasteiger partial charge in [0.2, 0.25) is 0 Å². The summed E-state index contributed by atoms with van der Waals surface area (Å²) < 4.78 is 0. The van der Waals surface area contributed by atoms with Crippen LogP contribution in [0.2, 0.25) is 0 Å². The standard InChI is InChI=1S/C5H7PS/c6-3-5-1-2-7-4-5/h1-2,4H,3,6H2. The quantitative estimate of drug-likeness (QED) is 0.511. The average Bonchev–Trinajstić information content (AvgIpc) is 2.14. The molecule has 1 rings (SSSR count). The van der Waals surface area contributed by atoms with E-state index in [0.717, 1.165) is 6.16 Å². The second kappa shape index (κ2) is 2.44. The van der Waals surface area contributed by atoms with Crippen molar-refractivity contribution in [2.24, 2.45) is 0 Å². The summed E-state index contributed by atoms with van der Waals surface area (Å²) in [7, 11) is 2.69. The maximum absolute atomic E-state index is 2.69. The first-order valence-corrected chi connectivity index (χ1v) is 3.90. The molecule has 0 saturated carbocycles. The van der Waals surface area contributed by atoms with Crippen molar-refractivity contribution in [1.29, 1.82) is 0 Å². The van der Waals surface area contributed by atoms with Gasteiger partial charge in [-0.05, 0) is 28.6 Å². The lowest BCUT2D eigenvalue weighted by atomic mass is 10.4. The van der Waals surface area contributed by atoms with Gasteiger partial charge in [-0.3, -0.25) is 0 Å². The van der Waals surface area contributed by atoms with E-state index < -0.39 is 0 Å². The molecule has 0 spiro atoms. The third-order valence-corrected chi connectivity index (χ3v) is 2.02. The molecule has 0 saturated heterocycles. The highest BCUT2D eigenvalue weighted by Gasteiger charge is 1.82. The molecule has 0 aliphatic heterocycles. The Bertz CT molecular complexity index is 123. The first kappa shape index (κ1) is 5.27. The van der Waals surface area contributed by atoms with Crippen LogP contribution in [-0.2, 0) is 6.16 Å². The van der Waals surface area contributed by atoms with Gasteiger partial charge < -0.3 is 0 Å². The van der Waals surface area contributed by atoms with E-state index in [9.17, 15) is 0 Å². The molecule has 0 fully saturated rings. The molecular formula is C5H7PS. The minimum Gasteiger partial charge on any atom is -0.152 e. The Morgan fingerprint density at radius 2 is 2.57 bits per heavy atom. The van der Waals surface area contributed by atoms with Crippen molar-refractivity contribution in [2.75, 3.05) is 0 Å². The molecule has 0 amide bonds. The van der Waals surface area contributed by atoms with Crippen molar-refractivity contribution >= 4 is 20.6 Å². The Hall–Kier alpha value is 0.130. The smallest absolute Gasteiger partial charge is 0.00579 e. The van der Waals surface area contributed by atoms with Crippen molar-refractivity contribution in [2.45, 2.75) is 6.16 Å². The van der Waals surface area contributed by atoms with E-state index in [1.165, 1.54) is 5.56 Å². The fourth-order valence-corrected chi connectivity index (χ4v) is 1.52. The lowest BCUT2D eigenvalue weighted by Gasteiger charge is -1.78. The molecule has 0 aromatic carbocycles. The van der Waals surface area contributed by atoms with Gasteiger partial charge in [0.1, 0.15) is 0 Å². The van der Waals surface area contributed by atoms with Crippen molar-refractivity contribution < 1.29 is 0 Å². The molecule has 38 valence electrons. The summed E-state index contributed by atoms with van der Waals surface area (Å²) in [6, 6.07) is 2.14. The summed E-state index contributed by atoms with van der Waals surface area (Å²) in [6.07, 6.45) is 1.09. The summed E-state index contributed by atoms with van der Waals surface area (Å²) in [5.74, 6) is 0. The molecule has 0 radical (unpaired) electrons. The van der Waals surface area contributed by atoms with Crippen LogP contribution in [0.1, 0.15) is 5.56 Å². The van der Waals surface area contributed by atoms with E-state index >= 15 is 0 Å². The fraction of sp³-hybridized carbons (Fsp3) is 0.200. The van der Waals surface area contributed by atoms with E-state index in [1.807, 2.05) is 0 Å². The van der Waals surface area contributed by atoms with Crippen LogP contribution in [-0.4, -0.2) is 0 Å². The summed E-state index contributed by atoms with van der Waals surface area (Å²) in [4.78, 5) is 0. The molecule has 1 unspecified atom stereocenters. The first-order valence-electron chi connectivity index (χ1n) is 2.14. The predicted octanol–water partition coefficient (Wildman–Crippen LogP) is 2.12. The minimum absolute atomic E-state index is 1.09.